The number of benzene rings is 1. The lowest BCUT2D eigenvalue weighted by Gasteiger charge is -2.12. The largest absolute Gasteiger partial charge is 0.508 e. The predicted octanol–water partition coefficient (Wildman–Crippen LogP) is 3.75. The minimum Gasteiger partial charge on any atom is -0.508 e. The fourth-order valence-corrected chi connectivity index (χ4v) is 2.25. The number of unbranched alkanes of at least 4 members (excludes halogenated alkanes) is 5. The fourth-order valence-electron chi connectivity index (χ4n) is 2.25. The van der Waals surface area contributed by atoms with Crippen LogP contribution >= 0.6 is 0 Å². The Kier molecular flexibility index (Phi) is 7.34. The summed E-state index contributed by atoms with van der Waals surface area (Å²) in [4.78, 5) is 0. The van der Waals surface area contributed by atoms with Crippen LogP contribution in [0.2, 0.25) is 0 Å². The molecule has 0 aliphatic rings. The van der Waals surface area contributed by atoms with Gasteiger partial charge in [0.2, 0.25) is 0 Å². The van der Waals surface area contributed by atoms with Crippen molar-refractivity contribution in [2.75, 3.05) is 0 Å². The van der Waals surface area contributed by atoms with Crippen LogP contribution in [0.1, 0.15) is 57.4 Å². The molecule has 1 rings (SSSR count). The molecule has 3 heteroatoms. The van der Waals surface area contributed by atoms with E-state index in [0.29, 0.717) is 12.0 Å². The first-order valence-electron chi connectivity index (χ1n) is 7.32. The van der Waals surface area contributed by atoms with Gasteiger partial charge in [0, 0.05) is 12.0 Å². The van der Waals surface area contributed by atoms with Gasteiger partial charge in [-0.2, -0.15) is 0 Å². The van der Waals surface area contributed by atoms with E-state index in [2.05, 4.69) is 6.92 Å². The summed E-state index contributed by atoms with van der Waals surface area (Å²) in [7, 11) is 0. The van der Waals surface area contributed by atoms with Gasteiger partial charge in [-0.1, -0.05) is 45.4 Å². The molecule has 1 aromatic rings. The van der Waals surface area contributed by atoms with Gasteiger partial charge in [0.05, 0.1) is 6.10 Å². The van der Waals surface area contributed by atoms with E-state index < -0.39 is 6.10 Å². The zero-order valence-corrected chi connectivity index (χ0v) is 11.8. The van der Waals surface area contributed by atoms with E-state index in [0.717, 1.165) is 19.3 Å². The molecule has 0 heterocycles. The van der Waals surface area contributed by atoms with Crippen LogP contribution in [0.25, 0.3) is 0 Å². The van der Waals surface area contributed by atoms with E-state index in [4.69, 9.17) is 0 Å². The maximum absolute atomic E-state index is 9.93. The number of aliphatic hydroxyl groups excluding tert-OH is 1. The molecule has 0 aliphatic heterocycles. The lowest BCUT2D eigenvalue weighted by atomic mass is 10.0. The van der Waals surface area contributed by atoms with Crippen molar-refractivity contribution in [3.05, 3.63) is 23.8 Å². The van der Waals surface area contributed by atoms with E-state index in [-0.39, 0.29) is 11.5 Å². The van der Waals surface area contributed by atoms with E-state index >= 15 is 0 Å². The summed E-state index contributed by atoms with van der Waals surface area (Å²) in [5.74, 6) is 0.263. The second-order valence-electron chi connectivity index (χ2n) is 5.23. The highest BCUT2D eigenvalue weighted by atomic mass is 16.3. The molecule has 1 atom stereocenters. The molecule has 0 radical (unpaired) electrons. The van der Waals surface area contributed by atoms with Crippen molar-refractivity contribution in [1.29, 1.82) is 0 Å². The van der Waals surface area contributed by atoms with Crippen molar-refractivity contribution in [3.8, 4) is 11.5 Å². The quantitative estimate of drug-likeness (QED) is 0.471. The average molecular weight is 266 g/mol. The number of phenolic OH excluding ortho intramolecular Hbond substituents is 2. The standard InChI is InChI=1S/C16H26O3/c1-2-3-4-5-6-7-8-14(17)11-13-12-15(18)9-10-16(13)19/h9-10,12,14,17-19H,2-8,11H2,1H3. The van der Waals surface area contributed by atoms with Crippen LogP contribution in [0, 0.1) is 0 Å². The zero-order valence-electron chi connectivity index (χ0n) is 11.8. The summed E-state index contributed by atoms with van der Waals surface area (Å²) in [5.41, 5.74) is 0.610. The highest BCUT2D eigenvalue weighted by Gasteiger charge is 2.09. The monoisotopic (exact) mass is 266 g/mol. The van der Waals surface area contributed by atoms with Crippen LogP contribution in [-0.4, -0.2) is 21.4 Å². The third-order valence-electron chi connectivity index (χ3n) is 3.41. The lowest BCUT2D eigenvalue weighted by Crippen LogP contribution is -2.10. The van der Waals surface area contributed by atoms with Crippen LogP contribution in [-0.2, 0) is 6.42 Å². The Morgan fingerprint density at radius 2 is 1.68 bits per heavy atom. The molecular weight excluding hydrogens is 240 g/mol. The highest BCUT2D eigenvalue weighted by Crippen LogP contribution is 2.24. The van der Waals surface area contributed by atoms with Crippen LogP contribution in [0.15, 0.2) is 18.2 Å². The highest BCUT2D eigenvalue weighted by molar-refractivity contribution is 5.38. The molecule has 3 N–H and O–H groups in total. The van der Waals surface area contributed by atoms with Crippen LogP contribution in [0.5, 0.6) is 11.5 Å². The van der Waals surface area contributed by atoms with Gasteiger partial charge in [-0.15, -0.1) is 0 Å². The first-order chi connectivity index (χ1) is 9.13. The van der Waals surface area contributed by atoms with Gasteiger partial charge in [0.25, 0.3) is 0 Å². The second kappa shape index (κ2) is 8.81. The normalized spacial score (nSPS) is 12.5. The second-order valence-corrected chi connectivity index (χ2v) is 5.23. The van der Waals surface area contributed by atoms with Crippen molar-refractivity contribution < 1.29 is 15.3 Å². The maximum atomic E-state index is 9.93. The molecule has 3 nitrogen and oxygen atoms in total. The van der Waals surface area contributed by atoms with Gasteiger partial charge in [0.15, 0.2) is 0 Å². The average Bonchev–Trinajstić information content (AvgIpc) is 2.38. The summed E-state index contributed by atoms with van der Waals surface area (Å²) in [5, 5.41) is 28.9. The van der Waals surface area contributed by atoms with Crippen molar-refractivity contribution >= 4 is 0 Å². The summed E-state index contributed by atoms with van der Waals surface area (Å²) >= 11 is 0. The minimum atomic E-state index is -0.445. The first-order valence-corrected chi connectivity index (χ1v) is 7.32. The van der Waals surface area contributed by atoms with Crippen LogP contribution < -0.4 is 0 Å². The number of phenols is 2. The topological polar surface area (TPSA) is 60.7 Å². The van der Waals surface area contributed by atoms with Crippen LogP contribution in [0.3, 0.4) is 0 Å². The lowest BCUT2D eigenvalue weighted by molar-refractivity contribution is 0.160. The molecule has 0 aromatic heterocycles. The van der Waals surface area contributed by atoms with Gasteiger partial charge >= 0.3 is 0 Å². The molecule has 1 aromatic carbocycles. The molecule has 108 valence electrons. The molecule has 0 aliphatic carbocycles. The van der Waals surface area contributed by atoms with Gasteiger partial charge in [-0.3, -0.25) is 0 Å². The minimum absolute atomic E-state index is 0.125. The van der Waals surface area contributed by atoms with Gasteiger partial charge in [0.1, 0.15) is 11.5 Å². The molecule has 0 spiro atoms. The Morgan fingerprint density at radius 1 is 1.00 bits per heavy atom. The van der Waals surface area contributed by atoms with Gasteiger partial charge in [-0.05, 0) is 24.6 Å². The SMILES string of the molecule is CCCCCCCCC(O)Cc1cc(O)ccc1O. The number of hydrogen-bond donors (Lipinski definition) is 3. The fraction of sp³-hybridized carbons (Fsp3) is 0.625. The third-order valence-corrected chi connectivity index (χ3v) is 3.41. The van der Waals surface area contributed by atoms with Gasteiger partial charge < -0.3 is 15.3 Å². The van der Waals surface area contributed by atoms with Crippen molar-refractivity contribution in [2.24, 2.45) is 0 Å². The number of hydrogen-bond acceptors (Lipinski definition) is 3. The molecule has 0 bridgehead atoms. The molecule has 0 saturated carbocycles. The summed E-state index contributed by atoms with van der Waals surface area (Å²) in [6.07, 6.45) is 7.93. The van der Waals surface area contributed by atoms with Crippen molar-refractivity contribution in [3.63, 3.8) is 0 Å². The molecule has 19 heavy (non-hydrogen) atoms. The molecule has 1 unspecified atom stereocenters. The zero-order chi connectivity index (χ0) is 14.1. The predicted molar refractivity (Wildman–Crippen MR) is 77.5 cm³/mol. The van der Waals surface area contributed by atoms with Crippen LogP contribution in [0.4, 0.5) is 0 Å². The van der Waals surface area contributed by atoms with E-state index in [1.807, 2.05) is 0 Å². The summed E-state index contributed by atoms with van der Waals surface area (Å²) in [6, 6.07) is 4.42. The Morgan fingerprint density at radius 3 is 2.42 bits per heavy atom. The molecular formula is C16H26O3. The summed E-state index contributed by atoms with van der Waals surface area (Å²) < 4.78 is 0. The van der Waals surface area contributed by atoms with E-state index in [1.54, 1.807) is 0 Å². The first kappa shape index (κ1) is 15.8. The smallest absolute Gasteiger partial charge is 0.119 e. The number of aliphatic hydroxyl groups is 1. The van der Waals surface area contributed by atoms with Gasteiger partial charge in [-0.25, -0.2) is 0 Å². The molecule has 0 amide bonds. The number of rotatable bonds is 9. The van der Waals surface area contributed by atoms with E-state index in [1.165, 1.54) is 43.9 Å². The van der Waals surface area contributed by atoms with Crippen molar-refractivity contribution in [2.45, 2.75) is 64.4 Å². The van der Waals surface area contributed by atoms with Crippen molar-refractivity contribution in [1.82, 2.24) is 0 Å². The third kappa shape index (κ3) is 6.48. The molecule has 0 saturated heterocycles. The van der Waals surface area contributed by atoms with E-state index in [9.17, 15) is 15.3 Å². The maximum Gasteiger partial charge on any atom is 0.119 e. The molecule has 0 fully saturated rings. The Balaban J connectivity index is 2.23. The Labute approximate surface area is 115 Å². The Hall–Kier alpha value is -1.22. The number of aromatic hydroxyl groups is 2. The summed E-state index contributed by atoms with van der Waals surface area (Å²) in [6.45, 7) is 2.20. The Bertz CT molecular complexity index is 363.